The lowest BCUT2D eigenvalue weighted by Gasteiger charge is -2.26. The second-order valence-corrected chi connectivity index (χ2v) is 4.69. The second-order valence-electron chi connectivity index (χ2n) is 3.78. The van der Waals surface area contributed by atoms with Crippen LogP contribution in [-0.2, 0) is 4.79 Å². The number of nitrogens with one attached hydrogen (secondary N) is 1. The predicted octanol–water partition coefficient (Wildman–Crippen LogP) is 2.81. The molecule has 0 bridgehead atoms. The number of carbonyl (C=O) groups is 1. The second kappa shape index (κ2) is 4.85. The third-order valence-electron chi connectivity index (χ3n) is 2.24. The Morgan fingerprint density at radius 3 is 2.39 bits per heavy atom. The number of carbonyl (C=O) groups excluding carboxylic acids is 1. The Morgan fingerprint density at radius 1 is 1.39 bits per heavy atom. The van der Waals surface area contributed by atoms with Crippen molar-refractivity contribution in [3.05, 3.63) is 28.5 Å². The molecule has 3 N–H and O–H groups in total. The van der Waals surface area contributed by atoms with Crippen LogP contribution in [0.5, 0.6) is 0 Å². The molecule has 3 nitrogen and oxygen atoms in total. The fourth-order valence-electron chi connectivity index (χ4n) is 0.972. The van der Waals surface area contributed by atoms with Crippen LogP contribution >= 0.6 is 15.9 Å². The van der Waals surface area contributed by atoms with E-state index in [1.54, 1.807) is 5.32 Å². The predicted molar refractivity (Wildman–Crippen MR) is 61.4 cm³/mol. The Morgan fingerprint density at radius 2 is 1.94 bits per heavy atom. The number of hydrogen-bond acceptors (Lipinski definition) is 2. The van der Waals surface area contributed by atoms with Gasteiger partial charge in [0.05, 0.1) is 5.69 Å². The molecular weight excluding hydrogens is 320 g/mol. The van der Waals surface area contributed by atoms with E-state index in [1.807, 2.05) is 0 Å². The van der Waals surface area contributed by atoms with Gasteiger partial charge in [-0.1, -0.05) is 15.9 Å². The van der Waals surface area contributed by atoms with Gasteiger partial charge in [0.2, 0.25) is 0 Å². The average molecular weight is 329 g/mol. The number of alkyl halides is 3. The first-order valence-electron chi connectivity index (χ1n) is 4.68. The van der Waals surface area contributed by atoms with Gasteiger partial charge in [-0.3, -0.25) is 4.79 Å². The van der Waals surface area contributed by atoms with Crippen molar-refractivity contribution in [2.45, 2.75) is 18.6 Å². The number of rotatable bonds is 2. The van der Waals surface area contributed by atoms with Crippen molar-refractivity contribution in [1.82, 2.24) is 0 Å². The highest BCUT2D eigenvalue weighted by atomic mass is 79.9. The Kier molecular flexibility index (Phi) is 4.02. The standard InChI is InChI=1S/C10H9BrF4N2O/c1-9(16,10(13,14)15)8(18)17-7-3-2-5(11)4-6(7)12/h2-4H,16H2,1H3,(H,17,18). The van der Waals surface area contributed by atoms with Gasteiger partial charge < -0.3 is 11.1 Å². The average Bonchev–Trinajstić information content (AvgIpc) is 2.20. The van der Waals surface area contributed by atoms with Gasteiger partial charge in [-0.25, -0.2) is 4.39 Å². The van der Waals surface area contributed by atoms with E-state index in [0.29, 0.717) is 11.4 Å². The Bertz CT molecular complexity index is 473. The minimum absolute atomic E-state index is 0.371. The van der Waals surface area contributed by atoms with Crippen molar-refractivity contribution in [1.29, 1.82) is 0 Å². The van der Waals surface area contributed by atoms with Crippen LogP contribution in [0, 0.1) is 5.82 Å². The summed E-state index contributed by atoms with van der Waals surface area (Å²) in [7, 11) is 0. The molecule has 0 aromatic heterocycles. The Balaban J connectivity index is 2.95. The van der Waals surface area contributed by atoms with E-state index < -0.39 is 23.4 Å². The van der Waals surface area contributed by atoms with E-state index in [-0.39, 0.29) is 5.69 Å². The summed E-state index contributed by atoms with van der Waals surface area (Å²) in [4.78, 5) is 11.4. The lowest BCUT2D eigenvalue weighted by atomic mass is 10.0. The van der Waals surface area contributed by atoms with Crippen molar-refractivity contribution >= 4 is 27.5 Å². The number of amides is 1. The molecule has 0 saturated carbocycles. The first-order valence-corrected chi connectivity index (χ1v) is 5.47. The molecule has 0 aliphatic carbocycles. The minimum Gasteiger partial charge on any atom is -0.322 e. The quantitative estimate of drug-likeness (QED) is 0.820. The van der Waals surface area contributed by atoms with E-state index in [4.69, 9.17) is 5.73 Å². The smallest absolute Gasteiger partial charge is 0.322 e. The number of nitrogens with two attached hydrogens (primary N) is 1. The first-order chi connectivity index (χ1) is 8.05. The molecule has 18 heavy (non-hydrogen) atoms. The largest absolute Gasteiger partial charge is 0.415 e. The van der Waals surface area contributed by atoms with Crippen molar-refractivity contribution < 1.29 is 22.4 Å². The van der Waals surface area contributed by atoms with Crippen LogP contribution in [0.25, 0.3) is 0 Å². The molecule has 100 valence electrons. The highest BCUT2D eigenvalue weighted by Crippen LogP contribution is 2.29. The van der Waals surface area contributed by atoms with E-state index in [9.17, 15) is 22.4 Å². The van der Waals surface area contributed by atoms with Crippen LogP contribution < -0.4 is 11.1 Å². The van der Waals surface area contributed by atoms with Crippen LogP contribution in [0.3, 0.4) is 0 Å². The van der Waals surface area contributed by atoms with Crippen LogP contribution in [-0.4, -0.2) is 17.6 Å². The Labute approximate surface area is 108 Å². The van der Waals surface area contributed by atoms with Crippen LogP contribution in [0.15, 0.2) is 22.7 Å². The fourth-order valence-corrected chi connectivity index (χ4v) is 1.30. The van der Waals surface area contributed by atoms with Crippen LogP contribution in [0.4, 0.5) is 23.2 Å². The lowest BCUT2D eigenvalue weighted by Crippen LogP contribution is -2.59. The van der Waals surface area contributed by atoms with Crippen LogP contribution in [0.2, 0.25) is 0 Å². The molecule has 0 heterocycles. The van der Waals surface area contributed by atoms with Crippen molar-refractivity contribution in [2.24, 2.45) is 5.73 Å². The summed E-state index contributed by atoms with van der Waals surface area (Å²) in [6, 6.07) is 3.51. The molecule has 1 aromatic carbocycles. The van der Waals surface area contributed by atoms with Gasteiger partial charge in [0.15, 0.2) is 5.54 Å². The maximum absolute atomic E-state index is 13.3. The number of halogens is 5. The molecule has 0 saturated heterocycles. The number of anilines is 1. The molecule has 0 fully saturated rings. The summed E-state index contributed by atoms with van der Waals surface area (Å²) < 4.78 is 51.1. The zero-order valence-electron chi connectivity index (χ0n) is 9.11. The van der Waals surface area contributed by atoms with E-state index in [0.717, 1.165) is 12.1 Å². The fraction of sp³-hybridized carbons (Fsp3) is 0.300. The van der Waals surface area contributed by atoms with Gasteiger partial charge in [-0.15, -0.1) is 0 Å². The lowest BCUT2D eigenvalue weighted by molar-refractivity contribution is -0.184. The third-order valence-corrected chi connectivity index (χ3v) is 2.73. The third kappa shape index (κ3) is 2.99. The van der Waals surface area contributed by atoms with Crippen molar-refractivity contribution in [3.63, 3.8) is 0 Å². The van der Waals surface area contributed by atoms with E-state index in [2.05, 4.69) is 15.9 Å². The summed E-state index contributed by atoms with van der Waals surface area (Å²) in [5.74, 6) is -2.40. The normalized spacial score (nSPS) is 15.1. The van der Waals surface area contributed by atoms with Crippen molar-refractivity contribution in [2.75, 3.05) is 5.32 Å². The summed E-state index contributed by atoms with van der Waals surface area (Å²) in [5, 5.41) is 1.80. The van der Waals surface area contributed by atoms with Crippen LogP contribution in [0.1, 0.15) is 6.92 Å². The van der Waals surface area contributed by atoms with Gasteiger partial charge in [0.25, 0.3) is 5.91 Å². The highest BCUT2D eigenvalue weighted by molar-refractivity contribution is 9.10. The summed E-state index contributed by atoms with van der Waals surface area (Å²) in [6.07, 6.45) is -4.93. The van der Waals surface area contributed by atoms with E-state index >= 15 is 0 Å². The van der Waals surface area contributed by atoms with Gasteiger partial charge >= 0.3 is 6.18 Å². The molecule has 1 unspecified atom stereocenters. The van der Waals surface area contributed by atoms with Gasteiger partial charge in [-0.05, 0) is 25.1 Å². The molecule has 1 amide bonds. The number of hydrogen-bond donors (Lipinski definition) is 2. The molecule has 1 atom stereocenters. The van der Waals surface area contributed by atoms with Gasteiger partial charge in [0.1, 0.15) is 5.82 Å². The first kappa shape index (κ1) is 14.9. The Hall–Kier alpha value is -1.15. The molecule has 0 aliphatic heterocycles. The molecular formula is C10H9BrF4N2O. The summed E-state index contributed by atoms with van der Waals surface area (Å²) in [6.45, 7) is 0.513. The maximum atomic E-state index is 13.3. The van der Waals surface area contributed by atoms with E-state index in [1.165, 1.54) is 6.07 Å². The minimum atomic E-state index is -4.93. The molecule has 0 radical (unpaired) electrons. The summed E-state index contributed by atoms with van der Waals surface area (Å²) >= 11 is 2.98. The number of benzene rings is 1. The van der Waals surface area contributed by atoms with Crippen molar-refractivity contribution in [3.8, 4) is 0 Å². The van der Waals surface area contributed by atoms with Gasteiger partial charge in [-0.2, -0.15) is 13.2 Å². The molecule has 0 spiro atoms. The topological polar surface area (TPSA) is 55.1 Å². The molecule has 8 heteroatoms. The molecule has 0 aliphatic rings. The highest BCUT2D eigenvalue weighted by Gasteiger charge is 2.54. The maximum Gasteiger partial charge on any atom is 0.415 e. The van der Waals surface area contributed by atoms with Gasteiger partial charge in [0, 0.05) is 4.47 Å². The monoisotopic (exact) mass is 328 g/mol. The zero-order chi connectivity index (χ0) is 14.1. The SMILES string of the molecule is CC(N)(C(=O)Nc1ccc(Br)cc1F)C(F)(F)F. The molecule has 1 rings (SSSR count). The molecule has 1 aromatic rings. The zero-order valence-corrected chi connectivity index (χ0v) is 10.7. The summed E-state index contributed by atoms with van der Waals surface area (Å²) in [5.41, 5.74) is 1.43.